The SMILES string of the molecule is CC1(CC2=Cc3c(cccc3-c3ccc(C(C)(C)C)cc3)C2)CCCCC1. The Morgan fingerprint density at radius 2 is 1.59 bits per heavy atom. The van der Waals surface area contributed by atoms with Gasteiger partial charge in [0.1, 0.15) is 0 Å². The predicted octanol–water partition coefficient (Wildman–Crippen LogP) is 7.95. The van der Waals surface area contributed by atoms with E-state index in [-0.39, 0.29) is 5.41 Å². The van der Waals surface area contributed by atoms with Crippen molar-refractivity contribution in [2.75, 3.05) is 0 Å². The van der Waals surface area contributed by atoms with Crippen molar-refractivity contribution >= 4 is 6.08 Å². The van der Waals surface area contributed by atoms with Crippen LogP contribution in [0.1, 0.15) is 82.9 Å². The number of allylic oxidation sites excluding steroid dienone is 1. The fourth-order valence-corrected chi connectivity index (χ4v) is 5.08. The van der Waals surface area contributed by atoms with Gasteiger partial charge in [-0.2, -0.15) is 0 Å². The molecule has 2 aromatic carbocycles. The van der Waals surface area contributed by atoms with Crippen LogP contribution in [0.2, 0.25) is 0 Å². The van der Waals surface area contributed by atoms with Crippen LogP contribution >= 0.6 is 0 Å². The molecule has 1 saturated carbocycles. The highest BCUT2D eigenvalue weighted by Gasteiger charge is 2.29. The number of rotatable bonds is 3. The Labute approximate surface area is 165 Å². The molecule has 0 saturated heterocycles. The van der Waals surface area contributed by atoms with Crippen LogP contribution in [0.15, 0.2) is 48.0 Å². The van der Waals surface area contributed by atoms with E-state index in [0.29, 0.717) is 5.41 Å². The fraction of sp³-hybridized carbons (Fsp3) is 0.481. The third-order valence-corrected chi connectivity index (χ3v) is 6.74. The molecule has 142 valence electrons. The molecule has 0 heteroatoms. The minimum absolute atomic E-state index is 0.208. The van der Waals surface area contributed by atoms with E-state index in [4.69, 9.17) is 0 Å². The molecule has 0 spiro atoms. The molecule has 0 amide bonds. The summed E-state index contributed by atoms with van der Waals surface area (Å²) in [4.78, 5) is 0. The molecule has 2 aliphatic carbocycles. The molecule has 0 radical (unpaired) electrons. The third-order valence-electron chi connectivity index (χ3n) is 6.74. The molecule has 1 fully saturated rings. The first-order chi connectivity index (χ1) is 12.8. The summed E-state index contributed by atoms with van der Waals surface area (Å²) in [6.07, 6.45) is 12.0. The molecule has 0 atom stereocenters. The van der Waals surface area contributed by atoms with Crippen LogP contribution in [0.25, 0.3) is 17.2 Å². The van der Waals surface area contributed by atoms with Crippen LogP contribution in [0, 0.1) is 5.41 Å². The molecule has 0 nitrogen and oxygen atoms in total. The van der Waals surface area contributed by atoms with Gasteiger partial charge in [0.2, 0.25) is 0 Å². The van der Waals surface area contributed by atoms with E-state index in [1.807, 2.05) is 0 Å². The lowest BCUT2D eigenvalue weighted by molar-refractivity contribution is 0.214. The van der Waals surface area contributed by atoms with Crippen molar-refractivity contribution in [3.63, 3.8) is 0 Å². The average molecular weight is 359 g/mol. The zero-order valence-electron chi connectivity index (χ0n) is 17.6. The summed E-state index contributed by atoms with van der Waals surface area (Å²) < 4.78 is 0. The first-order valence-corrected chi connectivity index (χ1v) is 10.8. The molecule has 0 aliphatic heterocycles. The van der Waals surface area contributed by atoms with E-state index in [2.05, 4.69) is 76.2 Å². The minimum Gasteiger partial charge on any atom is -0.0646 e. The van der Waals surface area contributed by atoms with E-state index < -0.39 is 0 Å². The highest BCUT2D eigenvalue weighted by molar-refractivity contribution is 5.81. The first kappa shape index (κ1) is 18.5. The zero-order valence-corrected chi connectivity index (χ0v) is 17.6. The van der Waals surface area contributed by atoms with Crippen LogP contribution in [0.3, 0.4) is 0 Å². The Kier molecular flexibility index (Phi) is 4.78. The lowest BCUT2D eigenvalue weighted by Gasteiger charge is -2.34. The van der Waals surface area contributed by atoms with Crippen LogP contribution in [-0.4, -0.2) is 0 Å². The van der Waals surface area contributed by atoms with E-state index in [0.717, 1.165) is 6.42 Å². The average Bonchev–Trinajstić information content (AvgIpc) is 3.03. The smallest absolute Gasteiger partial charge is 0.00574 e. The van der Waals surface area contributed by atoms with Crippen LogP contribution < -0.4 is 0 Å². The number of hydrogen-bond donors (Lipinski definition) is 0. The highest BCUT2D eigenvalue weighted by atomic mass is 14.3. The number of benzene rings is 2. The first-order valence-electron chi connectivity index (χ1n) is 10.8. The van der Waals surface area contributed by atoms with Gasteiger partial charge in [0, 0.05) is 0 Å². The van der Waals surface area contributed by atoms with Crippen LogP contribution in [0.4, 0.5) is 0 Å². The van der Waals surface area contributed by atoms with Crippen molar-refractivity contribution in [2.45, 2.75) is 78.1 Å². The summed E-state index contributed by atoms with van der Waals surface area (Å²) in [5, 5.41) is 0. The summed E-state index contributed by atoms with van der Waals surface area (Å²) in [6.45, 7) is 9.36. The van der Waals surface area contributed by atoms with Crippen molar-refractivity contribution in [3.05, 3.63) is 64.7 Å². The van der Waals surface area contributed by atoms with Gasteiger partial charge in [0.15, 0.2) is 0 Å². The van der Waals surface area contributed by atoms with Crippen molar-refractivity contribution in [1.29, 1.82) is 0 Å². The Morgan fingerprint density at radius 3 is 2.26 bits per heavy atom. The van der Waals surface area contributed by atoms with Gasteiger partial charge < -0.3 is 0 Å². The van der Waals surface area contributed by atoms with E-state index >= 15 is 0 Å². The molecule has 0 aromatic heterocycles. The van der Waals surface area contributed by atoms with E-state index in [1.165, 1.54) is 66.3 Å². The van der Waals surface area contributed by atoms with Crippen molar-refractivity contribution in [2.24, 2.45) is 5.41 Å². The molecule has 2 aromatic rings. The number of fused-ring (bicyclic) bond motifs is 1. The maximum atomic E-state index is 2.52. The molecular formula is C27H34. The normalized spacial score (nSPS) is 18.9. The highest BCUT2D eigenvalue weighted by Crippen LogP contribution is 2.44. The lowest BCUT2D eigenvalue weighted by Crippen LogP contribution is -2.20. The van der Waals surface area contributed by atoms with Gasteiger partial charge in [-0.3, -0.25) is 0 Å². The van der Waals surface area contributed by atoms with Crippen molar-refractivity contribution in [3.8, 4) is 11.1 Å². The van der Waals surface area contributed by atoms with E-state index in [9.17, 15) is 0 Å². The molecule has 2 aliphatic rings. The maximum absolute atomic E-state index is 2.52. The van der Waals surface area contributed by atoms with Crippen LogP contribution in [-0.2, 0) is 11.8 Å². The van der Waals surface area contributed by atoms with Crippen LogP contribution in [0.5, 0.6) is 0 Å². The molecule has 4 rings (SSSR count). The zero-order chi connectivity index (χ0) is 19.1. The quantitative estimate of drug-likeness (QED) is 0.522. The Bertz CT molecular complexity index is 837. The second-order valence-corrected chi connectivity index (χ2v) is 10.2. The molecule has 27 heavy (non-hydrogen) atoms. The topological polar surface area (TPSA) is 0 Å². The van der Waals surface area contributed by atoms with Crippen molar-refractivity contribution in [1.82, 2.24) is 0 Å². The monoisotopic (exact) mass is 358 g/mol. The second-order valence-electron chi connectivity index (χ2n) is 10.2. The third kappa shape index (κ3) is 3.91. The van der Waals surface area contributed by atoms with Gasteiger partial charge in [0.25, 0.3) is 0 Å². The minimum atomic E-state index is 0.208. The molecule has 0 bridgehead atoms. The lowest BCUT2D eigenvalue weighted by atomic mass is 9.71. The van der Waals surface area contributed by atoms with Gasteiger partial charge in [-0.05, 0) is 64.3 Å². The second kappa shape index (κ2) is 6.97. The van der Waals surface area contributed by atoms with Gasteiger partial charge in [-0.25, -0.2) is 0 Å². The molecule has 0 N–H and O–H groups in total. The Hall–Kier alpha value is -1.82. The Balaban J connectivity index is 1.61. The summed E-state index contributed by atoms with van der Waals surface area (Å²) in [5.74, 6) is 0. The summed E-state index contributed by atoms with van der Waals surface area (Å²) in [6, 6.07) is 16.1. The summed E-state index contributed by atoms with van der Waals surface area (Å²) in [7, 11) is 0. The standard InChI is InChI=1S/C27H34/c1-26(2,3)23-13-11-21(12-14-23)24-10-8-9-22-17-20(18-25(22)24)19-27(4)15-6-5-7-16-27/h8-14,18H,5-7,15-17,19H2,1-4H3. The van der Waals surface area contributed by atoms with Gasteiger partial charge in [-0.1, -0.05) is 101 Å². The Morgan fingerprint density at radius 1 is 0.889 bits per heavy atom. The molecule has 0 unspecified atom stereocenters. The fourth-order valence-electron chi connectivity index (χ4n) is 5.08. The molecule has 0 heterocycles. The van der Waals surface area contributed by atoms with Gasteiger partial charge in [-0.15, -0.1) is 0 Å². The molecular weight excluding hydrogens is 324 g/mol. The summed E-state index contributed by atoms with van der Waals surface area (Å²) >= 11 is 0. The van der Waals surface area contributed by atoms with Crippen molar-refractivity contribution < 1.29 is 0 Å². The van der Waals surface area contributed by atoms with Gasteiger partial charge >= 0.3 is 0 Å². The predicted molar refractivity (Wildman–Crippen MR) is 118 cm³/mol. The largest absolute Gasteiger partial charge is 0.0646 e. The maximum Gasteiger partial charge on any atom is -0.00574 e. The number of hydrogen-bond acceptors (Lipinski definition) is 0. The summed E-state index contributed by atoms with van der Waals surface area (Å²) in [5.41, 5.74) is 9.52. The van der Waals surface area contributed by atoms with Gasteiger partial charge in [0.05, 0.1) is 0 Å². The van der Waals surface area contributed by atoms with E-state index in [1.54, 1.807) is 5.57 Å².